The van der Waals surface area contributed by atoms with Crippen LogP contribution in [0.25, 0.3) is 11.1 Å². The van der Waals surface area contributed by atoms with Gasteiger partial charge in [-0.2, -0.15) is 0 Å². The molecule has 2 fully saturated rings. The van der Waals surface area contributed by atoms with Gasteiger partial charge in [-0.1, -0.05) is 0 Å². The summed E-state index contributed by atoms with van der Waals surface area (Å²) < 4.78 is 0. The summed E-state index contributed by atoms with van der Waals surface area (Å²) in [6.45, 7) is 4.82. The van der Waals surface area contributed by atoms with Crippen LogP contribution in [0, 0.1) is 0 Å². The van der Waals surface area contributed by atoms with Crippen molar-refractivity contribution < 1.29 is 0 Å². The Hall–Kier alpha value is -1.94. The smallest absolute Gasteiger partial charge is 0.0561 e. The van der Waals surface area contributed by atoms with Gasteiger partial charge in [-0.15, -0.1) is 0 Å². The third-order valence-electron chi connectivity index (χ3n) is 4.96. The molecule has 4 heteroatoms. The van der Waals surface area contributed by atoms with E-state index in [1.807, 2.05) is 36.9 Å². The first-order valence-corrected chi connectivity index (χ1v) is 8.24. The summed E-state index contributed by atoms with van der Waals surface area (Å²) >= 11 is 0. The van der Waals surface area contributed by atoms with Gasteiger partial charge in [0.15, 0.2) is 0 Å². The minimum absolute atomic E-state index is 0.669. The normalized spacial score (nSPS) is 24.8. The maximum Gasteiger partial charge on any atom is 0.0561 e. The van der Waals surface area contributed by atoms with Gasteiger partial charge in [-0.05, 0) is 49.6 Å². The maximum atomic E-state index is 4.50. The second-order valence-corrected chi connectivity index (χ2v) is 6.29. The number of nitrogens with zero attached hydrogens (tertiary/aromatic N) is 4. The molecule has 0 aliphatic carbocycles. The summed E-state index contributed by atoms with van der Waals surface area (Å²) in [7, 11) is 0. The van der Waals surface area contributed by atoms with E-state index in [9.17, 15) is 0 Å². The predicted octanol–water partition coefficient (Wildman–Crippen LogP) is 2.82. The highest BCUT2D eigenvalue weighted by atomic mass is 15.2. The molecule has 2 aromatic rings. The number of hydrogen-bond donors (Lipinski definition) is 0. The zero-order valence-corrected chi connectivity index (χ0v) is 12.9. The summed E-state index contributed by atoms with van der Waals surface area (Å²) in [5, 5.41) is 0. The van der Waals surface area contributed by atoms with Crippen LogP contribution in [0.3, 0.4) is 0 Å². The summed E-state index contributed by atoms with van der Waals surface area (Å²) in [6.07, 6.45) is 11.5. The molecule has 0 N–H and O–H groups in total. The largest absolute Gasteiger partial charge is 0.366 e. The highest BCUT2D eigenvalue weighted by Gasteiger charge is 2.27. The molecule has 0 radical (unpaired) electrons. The fourth-order valence-corrected chi connectivity index (χ4v) is 3.73. The second-order valence-electron chi connectivity index (χ2n) is 6.29. The fourth-order valence-electron chi connectivity index (χ4n) is 3.73. The average Bonchev–Trinajstić information content (AvgIpc) is 2.92. The van der Waals surface area contributed by atoms with E-state index in [1.54, 1.807) is 0 Å². The Balaban J connectivity index is 1.65. The molecular formula is C18H22N4. The van der Waals surface area contributed by atoms with Crippen molar-refractivity contribution in [3.63, 3.8) is 0 Å². The summed E-state index contributed by atoms with van der Waals surface area (Å²) in [4.78, 5) is 13.8. The molecule has 4 nitrogen and oxygen atoms in total. The third-order valence-corrected chi connectivity index (χ3v) is 4.96. The second kappa shape index (κ2) is 6.05. The monoisotopic (exact) mass is 294 g/mol. The van der Waals surface area contributed by atoms with Gasteiger partial charge in [0.2, 0.25) is 0 Å². The minimum atomic E-state index is 0.669. The lowest BCUT2D eigenvalue weighted by molar-refractivity contribution is 0.298. The van der Waals surface area contributed by atoms with E-state index in [4.69, 9.17) is 0 Å². The Labute approximate surface area is 131 Å². The molecular weight excluding hydrogens is 272 g/mol. The van der Waals surface area contributed by atoms with Crippen molar-refractivity contribution in [1.82, 2.24) is 14.9 Å². The maximum absolute atomic E-state index is 4.50. The van der Waals surface area contributed by atoms with Crippen molar-refractivity contribution in [2.24, 2.45) is 0 Å². The summed E-state index contributed by atoms with van der Waals surface area (Å²) in [6, 6.07) is 7.05. The third kappa shape index (κ3) is 2.71. The Morgan fingerprint density at radius 3 is 2.68 bits per heavy atom. The van der Waals surface area contributed by atoms with Crippen LogP contribution in [-0.2, 0) is 0 Å². The lowest BCUT2D eigenvalue weighted by atomic mass is 10.1. The van der Waals surface area contributed by atoms with Gasteiger partial charge in [0.05, 0.1) is 11.9 Å². The Morgan fingerprint density at radius 1 is 0.864 bits per heavy atom. The van der Waals surface area contributed by atoms with E-state index >= 15 is 0 Å². The van der Waals surface area contributed by atoms with Gasteiger partial charge in [-0.3, -0.25) is 9.97 Å². The zero-order valence-electron chi connectivity index (χ0n) is 12.9. The molecule has 2 bridgehead atoms. The zero-order chi connectivity index (χ0) is 14.8. The molecule has 0 spiro atoms. The van der Waals surface area contributed by atoms with E-state index in [1.165, 1.54) is 55.7 Å². The SMILES string of the molecule is c1cc(-c2cncc(N3CCN4CCCC3CC4)c2)ccn1. The van der Waals surface area contributed by atoms with Crippen molar-refractivity contribution in [3.05, 3.63) is 43.0 Å². The molecule has 2 atom stereocenters. The molecule has 2 aliphatic rings. The Bertz CT molecular complexity index is 628. The van der Waals surface area contributed by atoms with E-state index in [0.29, 0.717) is 6.04 Å². The first kappa shape index (κ1) is 13.7. The number of pyridine rings is 2. The van der Waals surface area contributed by atoms with E-state index < -0.39 is 0 Å². The van der Waals surface area contributed by atoms with Gasteiger partial charge in [-0.25, -0.2) is 0 Å². The molecule has 114 valence electrons. The highest BCUT2D eigenvalue weighted by Crippen LogP contribution is 2.29. The molecule has 4 rings (SSSR count). The molecule has 2 unspecified atom stereocenters. The molecule has 0 saturated carbocycles. The van der Waals surface area contributed by atoms with Gasteiger partial charge in [0, 0.05) is 49.8 Å². The lowest BCUT2D eigenvalue weighted by Crippen LogP contribution is -2.39. The van der Waals surface area contributed by atoms with Crippen LogP contribution in [0.1, 0.15) is 19.3 Å². The first-order chi connectivity index (χ1) is 10.9. The highest BCUT2D eigenvalue weighted by molar-refractivity contribution is 5.66. The molecule has 2 saturated heterocycles. The van der Waals surface area contributed by atoms with Crippen molar-refractivity contribution in [2.45, 2.75) is 25.3 Å². The van der Waals surface area contributed by atoms with Crippen LogP contribution in [0.2, 0.25) is 0 Å². The first-order valence-electron chi connectivity index (χ1n) is 8.24. The van der Waals surface area contributed by atoms with Crippen LogP contribution in [0.4, 0.5) is 5.69 Å². The molecule has 4 heterocycles. The topological polar surface area (TPSA) is 32.3 Å². The quantitative estimate of drug-likeness (QED) is 0.852. The van der Waals surface area contributed by atoms with Crippen molar-refractivity contribution in [2.75, 3.05) is 31.1 Å². The van der Waals surface area contributed by atoms with Gasteiger partial charge < -0.3 is 9.80 Å². The van der Waals surface area contributed by atoms with E-state index in [0.717, 1.165) is 6.54 Å². The molecule has 2 aromatic heterocycles. The Kier molecular flexibility index (Phi) is 3.77. The van der Waals surface area contributed by atoms with E-state index in [2.05, 4.69) is 25.8 Å². The predicted molar refractivity (Wildman–Crippen MR) is 88.9 cm³/mol. The van der Waals surface area contributed by atoms with Crippen LogP contribution in [0.15, 0.2) is 43.0 Å². The number of hydrogen-bond acceptors (Lipinski definition) is 4. The number of aromatic nitrogens is 2. The van der Waals surface area contributed by atoms with Gasteiger partial charge in [0.25, 0.3) is 0 Å². The number of fused-ring (bicyclic) bond motifs is 3. The average molecular weight is 294 g/mol. The van der Waals surface area contributed by atoms with Crippen molar-refractivity contribution in [3.8, 4) is 11.1 Å². The van der Waals surface area contributed by atoms with Gasteiger partial charge >= 0.3 is 0 Å². The van der Waals surface area contributed by atoms with Crippen molar-refractivity contribution >= 4 is 5.69 Å². The van der Waals surface area contributed by atoms with Crippen LogP contribution in [-0.4, -0.2) is 47.1 Å². The van der Waals surface area contributed by atoms with E-state index in [-0.39, 0.29) is 0 Å². The van der Waals surface area contributed by atoms with Gasteiger partial charge in [0.1, 0.15) is 0 Å². The van der Waals surface area contributed by atoms with Crippen LogP contribution >= 0.6 is 0 Å². The summed E-state index contributed by atoms with van der Waals surface area (Å²) in [5.41, 5.74) is 3.63. The van der Waals surface area contributed by atoms with Crippen LogP contribution in [0.5, 0.6) is 0 Å². The molecule has 2 aliphatic heterocycles. The fraction of sp³-hybridized carbons (Fsp3) is 0.444. The summed E-state index contributed by atoms with van der Waals surface area (Å²) in [5.74, 6) is 0. The molecule has 22 heavy (non-hydrogen) atoms. The van der Waals surface area contributed by atoms with Crippen molar-refractivity contribution in [1.29, 1.82) is 0 Å². The molecule has 0 amide bonds. The minimum Gasteiger partial charge on any atom is -0.366 e. The standard InChI is InChI=1S/C18H22N4/c1-2-17-5-9-21(8-1)10-11-22(17)18-12-16(13-20-14-18)15-3-6-19-7-4-15/h3-4,6-7,12-14,17H,1-2,5,8-11H2. The molecule has 0 aromatic carbocycles. The number of rotatable bonds is 2. The number of anilines is 1. The van der Waals surface area contributed by atoms with Crippen LogP contribution < -0.4 is 4.90 Å². The lowest BCUT2D eigenvalue weighted by Gasteiger charge is -2.33. The Morgan fingerprint density at radius 2 is 1.77 bits per heavy atom.